The Hall–Kier alpha value is -3.43. The third-order valence-corrected chi connectivity index (χ3v) is 3.64. The van der Waals surface area contributed by atoms with Gasteiger partial charge < -0.3 is 10.1 Å². The summed E-state index contributed by atoms with van der Waals surface area (Å²) in [5.41, 5.74) is -1.30. The van der Waals surface area contributed by atoms with E-state index in [0.29, 0.717) is 12.1 Å². The number of esters is 1. The van der Waals surface area contributed by atoms with Gasteiger partial charge in [0.15, 0.2) is 0 Å². The minimum absolute atomic E-state index is 0.0956. The molecule has 2 rings (SSSR count). The molecule has 0 unspecified atom stereocenters. The molecule has 0 aliphatic carbocycles. The first-order valence-electron chi connectivity index (χ1n) is 7.50. The number of benzene rings is 2. The van der Waals surface area contributed by atoms with Crippen LogP contribution in [0.2, 0.25) is 0 Å². The molecule has 1 amide bonds. The third-order valence-electron chi connectivity index (χ3n) is 3.64. The summed E-state index contributed by atoms with van der Waals surface area (Å²) < 4.78 is 45.0. The second-order valence-corrected chi connectivity index (χ2v) is 5.38. The van der Waals surface area contributed by atoms with Crippen LogP contribution in [-0.4, -0.2) is 30.0 Å². The van der Waals surface area contributed by atoms with E-state index in [-0.39, 0.29) is 17.7 Å². The molecule has 0 spiro atoms. The van der Waals surface area contributed by atoms with E-state index in [1.807, 2.05) is 0 Å². The van der Waals surface area contributed by atoms with E-state index in [0.717, 1.165) is 7.11 Å². The number of carbonyl (C=O) groups excluding carboxylic acids is 2. The molecule has 0 aromatic heterocycles. The van der Waals surface area contributed by atoms with Gasteiger partial charge in [-0.2, -0.15) is 0 Å². The molecule has 0 aliphatic rings. The zero-order valence-corrected chi connectivity index (χ0v) is 13.9. The summed E-state index contributed by atoms with van der Waals surface area (Å²) >= 11 is 0. The molecule has 0 saturated carbocycles. The van der Waals surface area contributed by atoms with Gasteiger partial charge in [-0.05, 0) is 0 Å². The molecule has 27 heavy (non-hydrogen) atoms. The van der Waals surface area contributed by atoms with Gasteiger partial charge in [0.05, 0.1) is 12.0 Å². The summed E-state index contributed by atoms with van der Waals surface area (Å²) in [6.45, 7) is 0. The second-order valence-electron chi connectivity index (χ2n) is 5.38. The highest BCUT2D eigenvalue weighted by Crippen LogP contribution is 2.20. The monoisotopic (exact) mass is 382 g/mol. The molecule has 2 aromatic rings. The normalized spacial score (nSPS) is 11.6. The molecule has 0 heterocycles. The zero-order valence-electron chi connectivity index (χ0n) is 13.9. The van der Waals surface area contributed by atoms with E-state index in [4.69, 9.17) is 0 Å². The van der Waals surface area contributed by atoms with Crippen LogP contribution in [0.5, 0.6) is 0 Å². The van der Waals surface area contributed by atoms with Crippen molar-refractivity contribution in [1.29, 1.82) is 0 Å². The first kappa shape index (κ1) is 19.9. The van der Waals surface area contributed by atoms with Gasteiger partial charge in [-0.15, -0.1) is 0 Å². The van der Waals surface area contributed by atoms with Crippen molar-refractivity contribution in [2.45, 2.75) is 12.5 Å². The predicted molar refractivity (Wildman–Crippen MR) is 86.4 cm³/mol. The van der Waals surface area contributed by atoms with Crippen LogP contribution in [0.25, 0.3) is 0 Å². The topological polar surface area (TPSA) is 98.5 Å². The van der Waals surface area contributed by atoms with E-state index in [9.17, 15) is 32.9 Å². The quantitative estimate of drug-likeness (QED) is 0.470. The molecule has 0 saturated heterocycles. The van der Waals surface area contributed by atoms with Crippen molar-refractivity contribution in [3.63, 3.8) is 0 Å². The SMILES string of the molecule is COC(=O)[C@@H](Cc1ccccc1[N+](=O)[O-])NC(=O)c1c(F)cc(F)cc1F. The smallest absolute Gasteiger partial charge is 0.328 e. The lowest BCUT2D eigenvalue weighted by Gasteiger charge is -2.17. The summed E-state index contributed by atoms with van der Waals surface area (Å²) in [6, 6.07) is 4.62. The molecule has 142 valence electrons. The summed E-state index contributed by atoms with van der Waals surface area (Å²) in [7, 11) is 1.01. The van der Waals surface area contributed by atoms with E-state index in [2.05, 4.69) is 10.1 Å². The van der Waals surface area contributed by atoms with Gasteiger partial charge in [0.2, 0.25) is 0 Å². The van der Waals surface area contributed by atoms with Crippen molar-refractivity contribution in [2.75, 3.05) is 7.11 Å². The Morgan fingerprint density at radius 3 is 2.33 bits per heavy atom. The number of nitro benzene ring substituents is 1. The average molecular weight is 382 g/mol. The maximum absolute atomic E-state index is 13.7. The lowest BCUT2D eigenvalue weighted by molar-refractivity contribution is -0.385. The van der Waals surface area contributed by atoms with Gasteiger partial charge in [0.1, 0.15) is 29.1 Å². The zero-order chi connectivity index (χ0) is 20.1. The number of nitrogens with zero attached hydrogens (tertiary/aromatic N) is 1. The molecule has 1 N–H and O–H groups in total. The summed E-state index contributed by atoms with van der Waals surface area (Å²) in [5.74, 6) is -6.45. The largest absolute Gasteiger partial charge is 0.467 e. The number of rotatable bonds is 6. The minimum atomic E-state index is -1.47. The van der Waals surface area contributed by atoms with Gasteiger partial charge in [-0.25, -0.2) is 18.0 Å². The number of methoxy groups -OCH3 is 1. The van der Waals surface area contributed by atoms with Crippen molar-refractivity contribution < 1.29 is 32.4 Å². The molecule has 1 atom stereocenters. The van der Waals surface area contributed by atoms with E-state index >= 15 is 0 Å². The van der Waals surface area contributed by atoms with Gasteiger partial charge in [0, 0.05) is 30.2 Å². The third kappa shape index (κ3) is 4.60. The molecule has 0 bridgehead atoms. The van der Waals surface area contributed by atoms with Crippen LogP contribution < -0.4 is 5.32 Å². The number of hydrogen-bond acceptors (Lipinski definition) is 5. The number of nitrogens with one attached hydrogen (secondary N) is 1. The lowest BCUT2D eigenvalue weighted by atomic mass is 10.0. The first-order valence-corrected chi connectivity index (χ1v) is 7.50. The number of ether oxygens (including phenoxy) is 1. The van der Waals surface area contributed by atoms with Crippen molar-refractivity contribution in [1.82, 2.24) is 5.32 Å². The van der Waals surface area contributed by atoms with Crippen LogP contribution in [0.4, 0.5) is 18.9 Å². The van der Waals surface area contributed by atoms with Crippen LogP contribution in [0.1, 0.15) is 15.9 Å². The molecular formula is C17H13F3N2O5. The number of para-hydroxylation sites is 1. The highest BCUT2D eigenvalue weighted by Gasteiger charge is 2.28. The van der Waals surface area contributed by atoms with Gasteiger partial charge in [-0.1, -0.05) is 18.2 Å². The maximum Gasteiger partial charge on any atom is 0.328 e. The number of halogens is 3. The van der Waals surface area contributed by atoms with E-state index in [1.54, 1.807) is 0 Å². The van der Waals surface area contributed by atoms with Gasteiger partial charge in [0.25, 0.3) is 11.6 Å². The van der Waals surface area contributed by atoms with Crippen LogP contribution in [-0.2, 0) is 16.0 Å². The van der Waals surface area contributed by atoms with Crippen molar-refractivity contribution in [3.05, 3.63) is 75.1 Å². The standard InChI is InChI=1S/C17H13F3N2O5/c1-27-17(24)13(6-9-4-2-3-5-14(9)22(25)26)21-16(23)15-11(19)7-10(18)8-12(15)20/h2-5,7-8,13H,6H2,1H3,(H,21,23)/t13-/m1/s1. The van der Waals surface area contributed by atoms with Crippen LogP contribution >= 0.6 is 0 Å². The molecule has 7 nitrogen and oxygen atoms in total. The number of carbonyl (C=O) groups is 2. The van der Waals surface area contributed by atoms with E-state index in [1.165, 1.54) is 24.3 Å². The molecule has 0 radical (unpaired) electrons. The van der Waals surface area contributed by atoms with Crippen molar-refractivity contribution >= 4 is 17.6 Å². The Morgan fingerprint density at radius 1 is 1.19 bits per heavy atom. The van der Waals surface area contributed by atoms with Gasteiger partial charge in [-0.3, -0.25) is 14.9 Å². The van der Waals surface area contributed by atoms with Crippen molar-refractivity contribution in [3.8, 4) is 0 Å². The Balaban J connectivity index is 2.32. The molecule has 10 heteroatoms. The maximum atomic E-state index is 13.7. The number of hydrogen-bond donors (Lipinski definition) is 1. The Labute approximate surface area is 150 Å². The first-order chi connectivity index (χ1) is 12.7. The molecule has 2 aromatic carbocycles. The minimum Gasteiger partial charge on any atom is -0.467 e. The highest BCUT2D eigenvalue weighted by atomic mass is 19.1. The Morgan fingerprint density at radius 2 is 1.78 bits per heavy atom. The van der Waals surface area contributed by atoms with Crippen LogP contribution in [0, 0.1) is 27.6 Å². The van der Waals surface area contributed by atoms with Crippen LogP contribution in [0.3, 0.4) is 0 Å². The molecule has 0 aliphatic heterocycles. The summed E-state index contributed by atoms with van der Waals surface area (Å²) in [5, 5.41) is 13.1. The molecule has 0 fully saturated rings. The fourth-order valence-electron chi connectivity index (χ4n) is 2.41. The highest BCUT2D eigenvalue weighted by molar-refractivity contribution is 5.97. The number of nitro groups is 1. The Kier molecular flexibility index (Phi) is 6.11. The van der Waals surface area contributed by atoms with Gasteiger partial charge >= 0.3 is 5.97 Å². The van der Waals surface area contributed by atoms with Crippen LogP contribution in [0.15, 0.2) is 36.4 Å². The van der Waals surface area contributed by atoms with Crippen molar-refractivity contribution in [2.24, 2.45) is 0 Å². The fraction of sp³-hybridized carbons (Fsp3) is 0.176. The summed E-state index contributed by atoms with van der Waals surface area (Å²) in [6.07, 6.45) is -0.361. The number of amides is 1. The fourth-order valence-corrected chi connectivity index (χ4v) is 2.41. The average Bonchev–Trinajstić information content (AvgIpc) is 2.59. The molecular weight excluding hydrogens is 369 g/mol. The predicted octanol–water partition coefficient (Wildman–Crippen LogP) is 2.53. The Bertz CT molecular complexity index is 881. The summed E-state index contributed by atoms with van der Waals surface area (Å²) in [4.78, 5) is 34.5. The second kappa shape index (κ2) is 8.30. The lowest BCUT2D eigenvalue weighted by Crippen LogP contribution is -2.43. The van der Waals surface area contributed by atoms with E-state index < -0.39 is 45.9 Å².